The maximum atomic E-state index is 12.8. The molecule has 0 aliphatic carbocycles. The molecule has 2 aromatic heterocycles. The Morgan fingerprint density at radius 3 is 3.10 bits per heavy atom. The third-order valence-electron chi connectivity index (χ3n) is 3.57. The van der Waals surface area contributed by atoms with E-state index >= 15 is 0 Å². The zero-order valence-electron chi connectivity index (χ0n) is 11.8. The van der Waals surface area contributed by atoms with Crippen molar-refractivity contribution in [2.24, 2.45) is 0 Å². The zero-order chi connectivity index (χ0) is 14.9. The summed E-state index contributed by atoms with van der Waals surface area (Å²) < 4.78 is 29.2. The quantitative estimate of drug-likeness (QED) is 0.898. The number of imidazole rings is 1. The molecule has 0 aromatic carbocycles. The van der Waals surface area contributed by atoms with Crippen LogP contribution in [0.5, 0.6) is 0 Å². The normalized spacial score (nSPS) is 16.0. The molecule has 0 atom stereocenters. The van der Waals surface area contributed by atoms with Gasteiger partial charge >= 0.3 is 0 Å². The van der Waals surface area contributed by atoms with Crippen LogP contribution in [0.3, 0.4) is 0 Å². The highest BCUT2D eigenvalue weighted by molar-refractivity contribution is 7.89. The number of hydrogen-bond acceptors (Lipinski definition) is 5. The van der Waals surface area contributed by atoms with Crippen LogP contribution in [0.1, 0.15) is 17.6 Å². The molecule has 114 valence electrons. The van der Waals surface area contributed by atoms with Gasteiger partial charge in [-0.1, -0.05) is 6.92 Å². The highest BCUT2D eigenvalue weighted by Gasteiger charge is 2.31. The molecule has 0 fully saturated rings. The Kier molecular flexibility index (Phi) is 4.12. The SMILES string of the molecule is CCNCc1sccc1S(=O)(=O)N1CCn2ccnc2C1. The molecule has 0 saturated carbocycles. The van der Waals surface area contributed by atoms with Crippen LogP contribution in [0.4, 0.5) is 0 Å². The molecule has 2 aromatic rings. The van der Waals surface area contributed by atoms with Crippen molar-refractivity contribution in [3.63, 3.8) is 0 Å². The molecule has 0 amide bonds. The van der Waals surface area contributed by atoms with Gasteiger partial charge in [0.2, 0.25) is 10.0 Å². The van der Waals surface area contributed by atoms with Crippen molar-refractivity contribution < 1.29 is 8.42 Å². The maximum Gasteiger partial charge on any atom is 0.244 e. The van der Waals surface area contributed by atoms with Crippen molar-refractivity contribution in [3.05, 3.63) is 34.5 Å². The first-order valence-corrected chi connectivity index (χ1v) is 9.22. The zero-order valence-corrected chi connectivity index (χ0v) is 13.5. The lowest BCUT2D eigenvalue weighted by atomic mass is 10.4. The molecular weight excluding hydrogens is 308 g/mol. The number of nitrogens with zero attached hydrogens (tertiary/aromatic N) is 3. The van der Waals surface area contributed by atoms with Gasteiger partial charge in [-0.15, -0.1) is 11.3 Å². The molecule has 3 heterocycles. The van der Waals surface area contributed by atoms with E-state index in [0.29, 0.717) is 31.1 Å². The first kappa shape index (κ1) is 14.7. The van der Waals surface area contributed by atoms with Crippen molar-refractivity contribution in [1.29, 1.82) is 0 Å². The summed E-state index contributed by atoms with van der Waals surface area (Å²) in [6.07, 6.45) is 3.60. The third-order valence-corrected chi connectivity index (χ3v) is 6.55. The fourth-order valence-electron chi connectivity index (χ4n) is 2.42. The summed E-state index contributed by atoms with van der Waals surface area (Å²) in [6, 6.07) is 1.70. The van der Waals surface area contributed by atoms with Crippen LogP contribution in [0.15, 0.2) is 28.7 Å². The second kappa shape index (κ2) is 5.88. The minimum absolute atomic E-state index is 0.339. The van der Waals surface area contributed by atoms with E-state index in [0.717, 1.165) is 17.2 Å². The maximum absolute atomic E-state index is 12.8. The smallest absolute Gasteiger partial charge is 0.244 e. The van der Waals surface area contributed by atoms with Gasteiger partial charge in [-0.2, -0.15) is 4.31 Å². The number of sulfonamides is 1. The summed E-state index contributed by atoms with van der Waals surface area (Å²) in [4.78, 5) is 5.51. The van der Waals surface area contributed by atoms with Gasteiger partial charge in [0.1, 0.15) is 5.82 Å². The second-order valence-corrected chi connectivity index (χ2v) is 7.77. The number of thiophene rings is 1. The van der Waals surface area contributed by atoms with Crippen LogP contribution >= 0.6 is 11.3 Å². The lowest BCUT2D eigenvalue weighted by Gasteiger charge is -2.27. The van der Waals surface area contributed by atoms with Gasteiger partial charge in [0, 0.05) is 36.9 Å². The van der Waals surface area contributed by atoms with E-state index < -0.39 is 10.0 Å². The topological polar surface area (TPSA) is 67.2 Å². The Morgan fingerprint density at radius 2 is 2.29 bits per heavy atom. The van der Waals surface area contributed by atoms with Crippen molar-refractivity contribution >= 4 is 21.4 Å². The predicted octanol–water partition coefficient (Wildman–Crippen LogP) is 1.26. The van der Waals surface area contributed by atoms with Gasteiger partial charge in [0.05, 0.1) is 11.4 Å². The number of rotatable bonds is 5. The Labute approximate surface area is 128 Å². The van der Waals surface area contributed by atoms with E-state index in [1.807, 2.05) is 23.1 Å². The molecule has 0 saturated heterocycles. The molecule has 0 radical (unpaired) electrons. The van der Waals surface area contributed by atoms with Gasteiger partial charge in [0.25, 0.3) is 0 Å². The molecule has 1 aliphatic rings. The standard InChI is InChI=1S/C13H18N4O2S2/c1-2-14-9-11-12(3-8-20-11)21(18,19)17-7-6-16-5-4-15-13(16)10-17/h3-5,8,14H,2,6-7,9-10H2,1H3. The van der Waals surface area contributed by atoms with Gasteiger partial charge in [-0.3, -0.25) is 0 Å². The van der Waals surface area contributed by atoms with Crippen LogP contribution in [0.2, 0.25) is 0 Å². The van der Waals surface area contributed by atoms with Crippen molar-refractivity contribution in [2.75, 3.05) is 13.1 Å². The number of fused-ring (bicyclic) bond motifs is 1. The van der Waals surface area contributed by atoms with E-state index in [2.05, 4.69) is 10.3 Å². The third kappa shape index (κ3) is 2.76. The van der Waals surface area contributed by atoms with E-state index in [-0.39, 0.29) is 0 Å². The molecular formula is C13H18N4O2S2. The minimum atomic E-state index is -3.45. The fraction of sp³-hybridized carbons (Fsp3) is 0.462. The summed E-state index contributed by atoms with van der Waals surface area (Å²) >= 11 is 1.48. The fourth-order valence-corrected chi connectivity index (χ4v) is 5.19. The van der Waals surface area contributed by atoms with Crippen molar-refractivity contribution in [2.45, 2.75) is 31.5 Å². The predicted molar refractivity (Wildman–Crippen MR) is 81.5 cm³/mol. The highest BCUT2D eigenvalue weighted by atomic mass is 32.2. The first-order chi connectivity index (χ1) is 10.1. The Hall–Kier alpha value is -1.22. The van der Waals surface area contributed by atoms with Gasteiger partial charge in [0.15, 0.2) is 0 Å². The lowest BCUT2D eigenvalue weighted by Crippen LogP contribution is -2.38. The summed E-state index contributed by atoms with van der Waals surface area (Å²) in [7, 11) is -3.45. The van der Waals surface area contributed by atoms with Crippen LogP contribution in [0, 0.1) is 0 Å². The monoisotopic (exact) mass is 326 g/mol. The van der Waals surface area contributed by atoms with Gasteiger partial charge in [-0.05, 0) is 18.0 Å². The Bertz CT molecular complexity index is 720. The second-order valence-electron chi connectivity index (χ2n) is 4.86. The number of hydrogen-bond donors (Lipinski definition) is 1. The molecule has 8 heteroatoms. The largest absolute Gasteiger partial charge is 0.333 e. The van der Waals surface area contributed by atoms with Gasteiger partial charge < -0.3 is 9.88 Å². The molecule has 21 heavy (non-hydrogen) atoms. The highest BCUT2D eigenvalue weighted by Crippen LogP contribution is 2.27. The molecule has 3 rings (SSSR count). The molecule has 0 unspecified atom stereocenters. The van der Waals surface area contributed by atoms with Crippen LogP contribution in [-0.2, 0) is 29.7 Å². The van der Waals surface area contributed by atoms with Crippen LogP contribution in [-0.4, -0.2) is 35.4 Å². The average Bonchev–Trinajstić information content (AvgIpc) is 3.13. The molecule has 1 aliphatic heterocycles. The summed E-state index contributed by atoms with van der Waals surface area (Å²) in [5, 5.41) is 5.03. The Balaban J connectivity index is 1.86. The molecule has 0 bridgehead atoms. The number of aromatic nitrogens is 2. The van der Waals surface area contributed by atoms with E-state index in [4.69, 9.17) is 0 Å². The molecule has 1 N–H and O–H groups in total. The van der Waals surface area contributed by atoms with E-state index in [1.165, 1.54) is 15.6 Å². The molecule has 6 nitrogen and oxygen atoms in total. The molecule has 0 spiro atoms. The van der Waals surface area contributed by atoms with Crippen LogP contribution < -0.4 is 5.32 Å². The Morgan fingerprint density at radius 1 is 1.43 bits per heavy atom. The van der Waals surface area contributed by atoms with Crippen LogP contribution in [0.25, 0.3) is 0 Å². The van der Waals surface area contributed by atoms with Crippen molar-refractivity contribution in [3.8, 4) is 0 Å². The van der Waals surface area contributed by atoms with E-state index in [9.17, 15) is 8.42 Å². The lowest BCUT2D eigenvalue weighted by molar-refractivity contribution is 0.335. The average molecular weight is 326 g/mol. The first-order valence-electron chi connectivity index (χ1n) is 6.90. The number of nitrogens with one attached hydrogen (secondary N) is 1. The minimum Gasteiger partial charge on any atom is -0.333 e. The van der Waals surface area contributed by atoms with E-state index in [1.54, 1.807) is 12.3 Å². The summed E-state index contributed by atoms with van der Waals surface area (Å²) in [5.41, 5.74) is 0. The summed E-state index contributed by atoms with van der Waals surface area (Å²) in [6.45, 7) is 4.89. The van der Waals surface area contributed by atoms with Gasteiger partial charge in [-0.25, -0.2) is 13.4 Å². The summed E-state index contributed by atoms with van der Waals surface area (Å²) in [5.74, 6) is 0.799. The van der Waals surface area contributed by atoms with Crippen molar-refractivity contribution in [1.82, 2.24) is 19.2 Å².